The third-order valence-electron chi connectivity index (χ3n) is 2.45. The highest BCUT2D eigenvalue weighted by atomic mass is 32.1. The van der Waals surface area contributed by atoms with Crippen LogP contribution in [-0.4, -0.2) is 4.98 Å². The van der Waals surface area contributed by atoms with Crippen LogP contribution in [0.25, 0.3) is 0 Å². The minimum Gasteiger partial charge on any atom is -0.486 e. The Morgan fingerprint density at radius 3 is 2.61 bits per heavy atom. The van der Waals surface area contributed by atoms with Crippen molar-refractivity contribution in [3.8, 4) is 11.8 Å². The van der Waals surface area contributed by atoms with Crippen molar-refractivity contribution in [2.75, 3.05) is 0 Å². The van der Waals surface area contributed by atoms with Gasteiger partial charge in [-0.15, -0.1) is 11.3 Å². The average molecular weight is 258 g/mol. The summed E-state index contributed by atoms with van der Waals surface area (Å²) in [5.74, 6) is 1.08. The third kappa shape index (κ3) is 2.88. The van der Waals surface area contributed by atoms with Crippen LogP contribution in [0.2, 0.25) is 0 Å². The van der Waals surface area contributed by atoms with E-state index in [0.29, 0.717) is 11.5 Å². The minimum absolute atomic E-state index is 0.265. The zero-order valence-corrected chi connectivity index (χ0v) is 11.2. The first-order valence-electron chi connectivity index (χ1n) is 5.78. The zero-order chi connectivity index (χ0) is 13.0. The number of ether oxygens (including phenoxy) is 1. The maximum absolute atomic E-state index is 9.05. The molecule has 3 nitrogen and oxygen atoms in total. The Kier molecular flexibility index (Phi) is 3.96. The molecule has 0 radical (unpaired) electrons. The second-order valence-corrected chi connectivity index (χ2v) is 5.27. The molecule has 18 heavy (non-hydrogen) atoms. The van der Waals surface area contributed by atoms with Gasteiger partial charge in [0, 0.05) is 0 Å². The van der Waals surface area contributed by atoms with Gasteiger partial charge in [-0.3, -0.25) is 0 Å². The van der Waals surface area contributed by atoms with Crippen molar-refractivity contribution >= 4 is 11.3 Å². The van der Waals surface area contributed by atoms with Crippen LogP contribution in [0.15, 0.2) is 30.3 Å². The molecule has 0 aliphatic carbocycles. The molecule has 0 aliphatic heterocycles. The van der Waals surface area contributed by atoms with Crippen molar-refractivity contribution in [1.82, 2.24) is 4.98 Å². The number of nitriles is 1. The van der Waals surface area contributed by atoms with Gasteiger partial charge >= 0.3 is 0 Å². The summed E-state index contributed by atoms with van der Waals surface area (Å²) in [7, 11) is 0. The molecule has 92 valence electrons. The fraction of sp³-hybridized carbons (Fsp3) is 0.286. The summed E-state index contributed by atoms with van der Waals surface area (Å²) in [6, 6.07) is 11.8. The number of hydrogen-bond donors (Lipinski definition) is 0. The predicted molar refractivity (Wildman–Crippen MR) is 71.7 cm³/mol. The lowest BCUT2D eigenvalue weighted by Gasteiger charge is -2.02. The predicted octanol–water partition coefficient (Wildman–Crippen LogP) is 3.72. The molecule has 4 heteroatoms. The number of para-hydroxylation sites is 1. The second-order valence-electron chi connectivity index (χ2n) is 4.19. The van der Waals surface area contributed by atoms with E-state index in [2.05, 4.69) is 11.1 Å². The van der Waals surface area contributed by atoms with Crippen LogP contribution >= 0.6 is 11.3 Å². The Balaban J connectivity index is 2.09. The standard InChI is InChI=1S/C14H14N2OS/c1-10(2)14-12(8-15)18-13(16-14)9-17-11-6-4-3-5-7-11/h3-7,10H,9H2,1-2H3. The quantitative estimate of drug-likeness (QED) is 0.839. The second kappa shape index (κ2) is 5.65. The van der Waals surface area contributed by atoms with Gasteiger partial charge in [0.2, 0.25) is 0 Å². The van der Waals surface area contributed by atoms with Crippen molar-refractivity contribution in [1.29, 1.82) is 5.26 Å². The molecule has 0 amide bonds. The zero-order valence-electron chi connectivity index (χ0n) is 10.4. The summed E-state index contributed by atoms with van der Waals surface area (Å²) in [6.45, 7) is 4.49. The first-order chi connectivity index (χ1) is 8.70. The van der Waals surface area contributed by atoms with Crippen LogP contribution in [0, 0.1) is 11.3 Å². The van der Waals surface area contributed by atoms with E-state index in [1.807, 2.05) is 44.2 Å². The van der Waals surface area contributed by atoms with Gasteiger partial charge in [0.25, 0.3) is 0 Å². The normalized spacial score (nSPS) is 10.3. The molecule has 0 unspecified atom stereocenters. The van der Waals surface area contributed by atoms with Gasteiger partial charge in [0.1, 0.15) is 28.3 Å². The molecule has 2 rings (SSSR count). The topological polar surface area (TPSA) is 45.9 Å². The molecule has 0 saturated heterocycles. The Hall–Kier alpha value is -1.86. The maximum Gasteiger partial charge on any atom is 0.140 e. The average Bonchev–Trinajstić information content (AvgIpc) is 2.81. The Morgan fingerprint density at radius 1 is 1.33 bits per heavy atom. The fourth-order valence-electron chi connectivity index (χ4n) is 1.57. The molecular weight excluding hydrogens is 244 g/mol. The van der Waals surface area contributed by atoms with E-state index in [0.717, 1.165) is 16.5 Å². The summed E-state index contributed by atoms with van der Waals surface area (Å²) in [6.07, 6.45) is 0. The lowest BCUT2D eigenvalue weighted by molar-refractivity contribution is 0.305. The first-order valence-corrected chi connectivity index (χ1v) is 6.60. The lowest BCUT2D eigenvalue weighted by Crippen LogP contribution is -1.96. The first kappa shape index (κ1) is 12.6. The molecule has 0 fully saturated rings. The molecule has 2 aromatic rings. The van der Waals surface area contributed by atoms with Crippen LogP contribution in [-0.2, 0) is 6.61 Å². The van der Waals surface area contributed by atoms with Gasteiger partial charge in [-0.2, -0.15) is 5.26 Å². The van der Waals surface area contributed by atoms with Crippen LogP contribution < -0.4 is 4.74 Å². The van der Waals surface area contributed by atoms with Crippen molar-refractivity contribution < 1.29 is 4.74 Å². The summed E-state index contributed by atoms with van der Waals surface area (Å²) in [4.78, 5) is 5.16. The molecule has 1 aromatic heterocycles. The highest BCUT2D eigenvalue weighted by Gasteiger charge is 2.14. The van der Waals surface area contributed by atoms with Crippen LogP contribution in [0.3, 0.4) is 0 Å². The number of thiazole rings is 1. The molecule has 0 saturated carbocycles. The van der Waals surface area contributed by atoms with E-state index in [4.69, 9.17) is 10.00 Å². The molecule has 1 aromatic carbocycles. The van der Waals surface area contributed by atoms with Crippen molar-refractivity contribution in [2.24, 2.45) is 0 Å². The summed E-state index contributed by atoms with van der Waals surface area (Å²) in [5.41, 5.74) is 0.870. The van der Waals surface area contributed by atoms with Gasteiger partial charge in [-0.05, 0) is 18.1 Å². The Labute approximate surface area is 111 Å². The number of rotatable bonds is 4. The highest BCUT2D eigenvalue weighted by Crippen LogP contribution is 2.25. The highest BCUT2D eigenvalue weighted by molar-refractivity contribution is 7.12. The summed E-state index contributed by atoms with van der Waals surface area (Å²) >= 11 is 1.41. The van der Waals surface area contributed by atoms with Crippen LogP contribution in [0.5, 0.6) is 5.75 Å². The summed E-state index contributed by atoms with van der Waals surface area (Å²) in [5, 5.41) is 9.89. The Bertz CT molecular complexity index is 555. The van der Waals surface area contributed by atoms with Gasteiger partial charge < -0.3 is 4.74 Å². The van der Waals surface area contributed by atoms with Crippen molar-refractivity contribution in [3.63, 3.8) is 0 Å². The number of benzene rings is 1. The number of aromatic nitrogens is 1. The van der Waals surface area contributed by atoms with Crippen molar-refractivity contribution in [3.05, 3.63) is 45.9 Å². The maximum atomic E-state index is 9.05. The van der Waals surface area contributed by atoms with Crippen molar-refractivity contribution in [2.45, 2.75) is 26.4 Å². The molecule has 1 heterocycles. The van der Waals surface area contributed by atoms with E-state index >= 15 is 0 Å². The molecule has 0 atom stereocenters. The smallest absolute Gasteiger partial charge is 0.140 e. The Morgan fingerprint density at radius 2 is 2.06 bits per heavy atom. The van der Waals surface area contributed by atoms with E-state index in [9.17, 15) is 0 Å². The molecule has 0 spiro atoms. The van der Waals surface area contributed by atoms with Gasteiger partial charge in [0.15, 0.2) is 0 Å². The van der Waals surface area contributed by atoms with Gasteiger partial charge in [0.05, 0.1) is 5.69 Å². The van der Waals surface area contributed by atoms with Gasteiger partial charge in [-0.1, -0.05) is 32.0 Å². The molecule has 0 bridgehead atoms. The van der Waals surface area contributed by atoms with E-state index in [1.165, 1.54) is 11.3 Å². The van der Waals surface area contributed by atoms with Crippen LogP contribution in [0.4, 0.5) is 0 Å². The SMILES string of the molecule is CC(C)c1nc(COc2ccccc2)sc1C#N. The lowest BCUT2D eigenvalue weighted by atomic mass is 10.1. The summed E-state index contributed by atoms with van der Waals surface area (Å²) < 4.78 is 5.62. The number of hydrogen-bond acceptors (Lipinski definition) is 4. The van der Waals surface area contributed by atoms with E-state index < -0.39 is 0 Å². The molecule has 0 N–H and O–H groups in total. The van der Waals surface area contributed by atoms with Gasteiger partial charge in [-0.25, -0.2) is 4.98 Å². The number of nitrogens with zero attached hydrogens (tertiary/aromatic N) is 2. The largest absolute Gasteiger partial charge is 0.486 e. The van der Waals surface area contributed by atoms with Crippen LogP contribution in [0.1, 0.15) is 35.3 Å². The van der Waals surface area contributed by atoms with E-state index in [1.54, 1.807) is 0 Å². The third-order valence-corrected chi connectivity index (χ3v) is 3.40. The fourth-order valence-corrected chi connectivity index (χ4v) is 2.50. The van der Waals surface area contributed by atoms with E-state index in [-0.39, 0.29) is 5.92 Å². The molecule has 0 aliphatic rings. The monoisotopic (exact) mass is 258 g/mol. The minimum atomic E-state index is 0.265. The molecular formula is C14H14N2OS.